The molecule has 114 valence electrons. The molecule has 1 N–H and O–H groups in total. The fourth-order valence-corrected chi connectivity index (χ4v) is 2.72. The molecule has 0 amide bonds. The van der Waals surface area contributed by atoms with Gasteiger partial charge in [-0.3, -0.25) is 0 Å². The Labute approximate surface area is 128 Å². The molecule has 2 aromatic rings. The van der Waals surface area contributed by atoms with Gasteiger partial charge in [0, 0.05) is 18.9 Å². The van der Waals surface area contributed by atoms with Crippen LogP contribution in [0.25, 0.3) is 0 Å². The molecule has 21 heavy (non-hydrogen) atoms. The summed E-state index contributed by atoms with van der Waals surface area (Å²) in [5, 5.41) is 3.65. The van der Waals surface area contributed by atoms with E-state index in [0.29, 0.717) is 6.04 Å². The second-order valence-corrected chi connectivity index (χ2v) is 5.61. The van der Waals surface area contributed by atoms with Crippen molar-refractivity contribution in [3.8, 4) is 0 Å². The van der Waals surface area contributed by atoms with Crippen LogP contribution in [0, 0.1) is 6.92 Å². The third-order valence-corrected chi connectivity index (χ3v) is 3.84. The van der Waals surface area contributed by atoms with Gasteiger partial charge < -0.3 is 9.88 Å². The van der Waals surface area contributed by atoms with Crippen LogP contribution in [0.1, 0.15) is 49.7 Å². The fraction of sp³-hybridized carbons (Fsp3) is 0.500. The van der Waals surface area contributed by atoms with Gasteiger partial charge in [0.2, 0.25) is 0 Å². The minimum Gasteiger partial charge on any atom is -0.334 e. The number of aromatic nitrogens is 2. The van der Waals surface area contributed by atoms with Crippen molar-refractivity contribution in [3.63, 3.8) is 0 Å². The van der Waals surface area contributed by atoms with Crippen LogP contribution in [0.5, 0.6) is 0 Å². The zero-order valence-electron chi connectivity index (χ0n) is 13.5. The first-order valence-corrected chi connectivity index (χ1v) is 8.04. The molecule has 2 rings (SSSR count). The molecule has 0 aliphatic rings. The first kappa shape index (κ1) is 15.8. The Morgan fingerprint density at radius 3 is 2.86 bits per heavy atom. The average molecular weight is 285 g/mol. The Bertz CT molecular complexity index is 545. The highest BCUT2D eigenvalue weighted by molar-refractivity contribution is 5.22. The summed E-state index contributed by atoms with van der Waals surface area (Å²) in [6.07, 6.45) is 7.29. The van der Waals surface area contributed by atoms with Crippen LogP contribution in [0.15, 0.2) is 36.7 Å². The smallest absolute Gasteiger partial charge is 0.125 e. The summed E-state index contributed by atoms with van der Waals surface area (Å²) < 4.78 is 2.24. The number of imidazole rings is 1. The van der Waals surface area contributed by atoms with Crippen molar-refractivity contribution in [1.82, 2.24) is 14.9 Å². The predicted octanol–water partition coefficient (Wildman–Crippen LogP) is 3.88. The molecule has 3 heteroatoms. The molecule has 0 fully saturated rings. The molecule has 1 atom stereocenters. The largest absolute Gasteiger partial charge is 0.334 e. The Hall–Kier alpha value is -1.61. The number of nitrogens with zero attached hydrogens (tertiary/aromatic N) is 2. The molecule has 1 aromatic carbocycles. The van der Waals surface area contributed by atoms with E-state index in [1.807, 2.05) is 6.20 Å². The molecular weight excluding hydrogens is 258 g/mol. The number of aryl methyl sites for hydroxylation is 3. The van der Waals surface area contributed by atoms with Crippen molar-refractivity contribution in [2.24, 2.45) is 0 Å². The SMILES string of the molecule is CCCNC(CCc1cccc(C)c1)c1nccn1CC. The van der Waals surface area contributed by atoms with E-state index in [1.54, 1.807) is 0 Å². The van der Waals surface area contributed by atoms with E-state index in [-0.39, 0.29) is 0 Å². The normalized spacial score (nSPS) is 12.5. The zero-order valence-corrected chi connectivity index (χ0v) is 13.5. The highest BCUT2D eigenvalue weighted by atomic mass is 15.1. The van der Waals surface area contributed by atoms with Gasteiger partial charge in [-0.15, -0.1) is 0 Å². The predicted molar refractivity (Wildman–Crippen MR) is 88.4 cm³/mol. The van der Waals surface area contributed by atoms with Crippen molar-refractivity contribution in [1.29, 1.82) is 0 Å². The molecule has 0 bridgehead atoms. The van der Waals surface area contributed by atoms with Gasteiger partial charge in [0.05, 0.1) is 6.04 Å². The fourth-order valence-electron chi connectivity index (χ4n) is 2.72. The molecule has 3 nitrogen and oxygen atoms in total. The minimum absolute atomic E-state index is 0.334. The van der Waals surface area contributed by atoms with Crippen LogP contribution in [-0.2, 0) is 13.0 Å². The maximum Gasteiger partial charge on any atom is 0.125 e. The van der Waals surface area contributed by atoms with Gasteiger partial charge in [0.15, 0.2) is 0 Å². The Morgan fingerprint density at radius 2 is 2.14 bits per heavy atom. The number of rotatable bonds is 8. The monoisotopic (exact) mass is 285 g/mol. The van der Waals surface area contributed by atoms with E-state index in [4.69, 9.17) is 0 Å². The van der Waals surface area contributed by atoms with E-state index in [0.717, 1.165) is 32.4 Å². The minimum atomic E-state index is 0.334. The number of nitrogens with one attached hydrogen (secondary N) is 1. The molecule has 0 aliphatic heterocycles. The lowest BCUT2D eigenvalue weighted by atomic mass is 10.0. The molecule has 0 aliphatic carbocycles. The summed E-state index contributed by atoms with van der Waals surface area (Å²) in [5.41, 5.74) is 2.74. The second kappa shape index (κ2) is 7.99. The van der Waals surface area contributed by atoms with Gasteiger partial charge in [0.25, 0.3) is 0 Å². The number of benzene rings is 1. The Balaban J connectivity index is 2.06. The van der Waals surface area contributed by atoms with Crippen molar-refractivity contribution < 1.29 is 0 Å². The lowest BCUT2D eigenvalue weighted by molar-refractivity contribution is 0.458. The number of hydrogen-bond donors (Lipinski definition) is 1. The molecule has 0 saturated carbocycles. The van der Waals surface area contributed by atoms with Gasteiger partial charge in [-0.05, 0) is 45.2 Å². The van der Waals surface area contributed by atoms with Crippen molar-refractivity contribution in [3.05, 3.63) is 53.6 Å². The lowest BCUT2D eigenvalue weighted by Crippen LogP contribution is -2.25. The highest BCUT2D eigenvalue weighted by Crippen LogP contribution is 2.18. The summed E-state index contributed by atoms with van der Waals surface area (Å²) in [5.74, 6) is 1.17. The van der Waals surface area contributed by atoms with Gasteiger partial charge in [0.1, 0.15) is 5.82 Å². The third-order valence-electron chi connectivity index (χ3n) is 3.84. The van der Waals surface area contributed by atoms with Crippen molar-refractivity contribution in [2.45, 2.75) is 52.6 Å². The van der Waals surface area contributed by atoms with E-state index in [1.165, 1.54) is 17.0 Å². The highest BCUT2D eigenvalue weighted by Gasteiger charge is 2.15. The second-order valence-electron chi connectivity index (χ2n) is 5.61. The van der Waals surface area contributed by atoms with Crippen LogP contribution in [0.4, 0.5) is 0 Å². The van der Waals surface area contributed by atoms with Gasteiger partial charge in [-0.2, -0.15) is 0 Å². The average Bonchev–Trinajstić information content (AvgIpc) is 2.96. The molecule has 0 spiro atoms. The van der Waals surface area contributed by atoms with Gasteiger partial charge in [-0.1, -0.05) is 36.8 Å². The summed E-state index contributed by atoms with van der Waals surface area (Å²) in [6.45, 7) is 8.54. The first-order valence-electron chi connectivity index (χ1n) is 8.04. The Kier molecular flexibility index (Phi) is 6.00. The summed E-state index contributed by atoms with van der Waals surface area (Å²) in [6, 6.07) is 9.13. The molecule has 1 heterocycles. The number of hydrogen-bond acceptors (Lipinski definition) is 2. The third kappa shape index (κ3) is 4.43. The quantitative estimate of drug-likeness (QED) is 0.797. The molecule has 1 aromatic heterocycles. The van der Waals surface area contributed by atoms with E-state index in [2.05, 4.69) is 66.1 Å². The maximum atomic E-state index is 4.57. The molecule has 0 saturated heterocycles. The zero-order chi connectivity index (χ0) is 15.1. The van der Waals surface area contributed by atoms with Crippen LogP contribution >= 0.6 is 0 Å². The Morgan fingerprint density at radius 1 is 1.29 bits per heavy atom. The van der Waals surface area contributed by atoms with Gasteiger partial charge in [-0.25, -0.2) is 4.98 Å². The summed E-state index contributed by atoms with van der Waals surface area (Å²) in [4.78, 5) is 4.57. The topological polar surface area (TPSA) is 29.9 Å². The summed E-state index contributed by atoms with van der Waals surface area (Å²) in [7, 11) is 0. The van der Waals surface area contributed by atoms with Crippen LogP contribution in [-0.4, -0.2) is 16.1 Å². The molecular formula is C18H27N3. The van der Waals surface area contributed by atoms with E-state index >= 15 is 0 Å². The standard InChI is InChI=1S/C18H27N3/c1-4-11-19-17(18-20-12-13-21(18)5-2)10-9-16-8-6-7-15(3)14-16/h6-8,12-14,17,19H,4-5,9-11H2,1-3H3. The van der Waals surface area contributed by atoms with Crippen LogP contribution in [0.3, 0.4) is 0 Å². The lowest BCUT2D eigenvalue weighted by Gasteiger charge is -2.19. The molecule has 0 radical (unpaired) electrons. The van der Waals surface area contributed by atoms with Crippen LogP contribution < -0.4 is 5.32 Å². The summed E-state index contributed by atoms with van der Waals surface area (Å²) >= 11 is 0. The van der Waals surface area contributed by atoms with Crippen LogP contribution in [0.2, 0.25) is 0 Å². The molecule has 1 unspecified atom stereocenters. The maximum absolute atomic E-state index is 4.57. The van der Waals surface area contributed by atoms with Gasteiger partial charge >= 0.3 is 0 Å². The van der Waals surface area contributed by atoms with Crippen molar-refractivity contribution >= 4 is 0 Å². The van der Waals surface area contributed by atoms with Crippen molar-refractivity contribution in [2.75, 3.05) is 6.54 Å². The van der Waals surface area contributed by atoms with E-state index < -0.39 is 0 Å². The van der Waals surface area contributed by atoms with E-state index in [9.17, 15) is 0 Å². The first-order chi connectivity index (χ1) is 10.2.